The molecule has 0 aliphatic carbocycles. The number of allylic oxidation sites excluding steroid dienone is 3. The maximum absolute atomic E-state index is 10.8. The minimum Gasteiger partial charge on any atom is -0.478 e. The molecule has 0 amide bonds. The average molecular weight is 189 g/mol. The van der Waals surface area contributed by atoms with Crippen LogP contribution in [0.5, 0.6) is 0 Å². The molecule has 1 aromatic rings. The summed E-state index contributed by atoms with van der Waals surface area (Å²) in [4.78, 5) is 14.8. The molecule has 3 heteroatoms. The third-order valence-corrected chi connectivity index (χ3v) is 1.71. The van der Waals surface area contributed by atoms with Crippen LogP contribution in [-0.4, -0.2) is 16.1 Å². The molecule has 0 aliphatic rings. The fraction of sp³-hybridized carbons (Fsp3) is 0.0909. The van der Waals surface area contributed by atoms with Crippen LogP contribution in [0, 0.1) is 0 Å². The Balaban J connectivity index is 3.20. The summed E-state index contributed by atoms with van der Waals surface area (Å²) in [6.07, 6.45) is 5.08. The van der Waals surface area contributed by atoms with E-state index in [4.69, 9.17) is 5.11 Å². The maximum Gasteiger partial charge on any atom is 0.337 e. The van der Waals surface area contributed by atoms with Crippen molar-refractivity contribution in [2.24, 2.45) is 0 Å². The Labute approximate surface area is 82.4 Å². The molecule has 0 saturated heterocycles. The number of carboxylic acid groups (broad SMARTS) is 1. The van der Waals surface area contributed by atoms with Gasteiger partial charge in [-0.3, -0.25) is 4.98 Å². The van der Waals surface area contributed by atoms with Crippen molar-refractivity contribution in [3.8, 4) is 0 Å². The Morgan fingerprint density at radius 3 is 2.93 bits per heavy atom. The lowest BCUT2D eigenvalue weighted by atomic mass is 10.1. The largest absolute Gasteiger partial charge is 0.478 e. The second-order valence-corrected chi connectivity index (χ2v) is 2.73. The Kier molecular flexibility index (Phi) is 3.18. The van der Waals surface area contributed by atoms with Gasteiger partial charge in [0.2, 0.25) is 0 Å². The van der Waals surface area contributed by atoms with Crippen molar-refractivity contribution in [3.05, 3.63) is 48.3 Å². The van der Waals surface area contributed by atoms with Gasteiger partial charge in [-0.2, -0.15) is 0 Å². The summed E-state index contributed by atoms with van der Waals surface area (Å²) < 4.78 is 0. The Bertz CT molecular complexity index is 394. The smallest absolute Gasteiger partial charge is 0.337 e. The lowest BCUT2D eigenvalue weighted by Crippen LogP contribution is -2.02. The fourth-order valence-electron chi connectivity index (χ4n) is 1.11. The zero-order chi connectivity index (χ0) is 10.6. The number of rotatable bonds is 3. The zero-order valence-corrected chi connectivity index (χ0v) is 7.90. The van der Waals surface area contributed by atoms with Crippen LogP contribution in [0.15, 0.2) is 37.1 Å². The molecule has 0 aliphatic heterocycles. The van der Waals surface area contributed by atoms with E-state index in [9.17, 15) is 4.79 Å². The second kappa shape index (κ2) is 4.37. The van der Waals surface area contributed by atoms with Crippen LogP contribution in [0.4, 0.5) is 0 Å². The summed E-state index contributed by atoms with van der Waals surface area (Å²) in [6.45, 7) is 5.59. The van der Waals surface area contributed by atoms with Crippen molar-refractivity contribution in [1.29, 1.82) is 0 Å². The first-order valence-corrected chi connectivity index (χ1v) is 4.17. The number of hydrogen-bond donors (Lipinski definition) is 1. The minimum absolute atomic E-state index is 0.176. The van der Waals surface area contributed by atoms with Gasteiger partial charge in [-0.15, -0.1) is 0 Å². The molecule has 0 aromatic carbocycles. The van der Waals surface area contributed by atoms with Gasteiger partial charge in [0, 0.05) is 6.20 Å². The van der Waals surface area contributed by atoms with E-state index >= 15 is 0 Å². The molecule has 1 aromatic heterocycles. The van der Waals surface area contributed by atoms with Gasteiger partial charge in [0.25, 0.3) is 0 Å². The Morgan fingerprint density at radius 1 is 1.64 bits per heavy atom. The van der Waals surface area contributed by atoms with E-state index in [2.05, 4.69) is 11.6 Å². The number of pyridine rings is 1. The number of nitrogens with zero attached hydrogens (tertiary/aromatic N) is 1. The molecule has 0 bridgehead atoms. The van der Waals surface area contributed by atoms with Crippen LogP contribution in [0.3, 0.4) is 0 Å². The minimum atomic E-state index is -0.987. The van der Waals surface area contributed by atoms with Gasteiger partial charge in [0.05, 0.1) is 11.3 Å². The topological polar surface area (TPSA) is 50.2 Å². The molecule has 0 fully saturated rings. The van der Waals surface area contributed by atoms with Crippen molar-refractivity contribution < 1.29 is 9.90 Å². The highest BCUT2D eigenvalue weighted by molar-refractivity contribution is 5.94. The molecular weight excluding hydrogens is 178 g/mol. The Morgan fingerprint density at radius 2 is 2.36 bits per heavy atom. The molecule has 1 heterocycles. The SMILES string of the molecule is C=C(/C=C\C)c1ncccc1C(=O)O. The summed E-state index contributed by atoms with van der Waals surface area (Å²) in [7, 11) is 0. The van der Waals surface area contributed by atoms with Crippen molar-refractivity contribution >= 4 is 11.5 Å². The van der Waals surface area contributed by atoms with E-state index in [0.717, 1.165) is 0 Å². The number of aromatic carboxylic acids is 1. The summed E-state index contributed by atoms with van der Waals surface area (Å²) in [5, 5.41) is 8.88. The molecule has 14 heavy (non-hydrogen) atoms. The first-order valence-electron chi connectivity index (χ1n) is 4.17. The molecule has 1 rings (SSSR count). The molecular formula is C11H11NO2. The van der Waals surface area contributed by atoms with Gasteiger partial charge >= 0.3 is 5.97 Å². The zero-order valence-electron chi connectivity index (χ0n) is 7.90. The summed E-state index contributed by atoms with van der Waals surface area (Å²) >= 11 is 0. The summed E-state index contributed by atoms with van der Waals surface area (Å²) in [6, 6.07) is 3.11. The van der Waals surface area contributed by atoms with E-state index in [0.29, 0.717) is 11.3 Å². The molecule has 0 spiro atoms. The highest BCUT2D eigenvalue weighted by atomic mass is 16.4. The van der Waals surface area contributed by atoms with Crippen LogP contribution < -0.4 is 0 Å². The molecule has 0 atom stereocenters. The van der Waals surface area contributed by atoms with E-state index in [1.54, 1.807) is 24.4 Å². The lowest BCUT2D eigenvalue weighted by Gasteiger charge is -2.03. The van der Waals surface area contributed by atoms with Gasteiger partial charge in [0.1, 0.15) is 0 Å². The van der Waals surface area contributed by atoms with Crippen molar-refractivity contribution in [3.63, 3.8) is 0 Å². The van der Waals surface area contributed by atoms with Crippen LogP contribution in [0.25, 0.3) is 5.57 Å². The fourth-order valence-corrected chi connectivity index (χ4v) is 1.11. The Hall–Kier alpha value is -1.90. The van der Waals surface area contributed by atoms with E-state index in [1.165, 1.54) is 6.07 Å². The quantitative estimate of drug-likeness (QED) is 0.742. The molecule has 1 N–H and O–H groups in total. The van der Waals surface area contributed by atoms with E-state index in [-0.39, 0.29) is 5.56 Å². The average Bonchev–Trinajstić information content (AvgIpc) is 2.18. The lowest BCUT2D eigenvalue weighted by molar-refractivity contribution is 0.0696. The second-order valence-electron chi connectivity index (χ2n) is 2.73. The van der Waals surface area contributed by atoms with Crippen molar-refractivity contribution in [2.75, 3.05) is 0 Å². The van der Waals surface area contributed by atoms with Crippen LogP contribution in [0.1, 0.15) is 23.0 Å². The first-order chi connectivity index (χ1) is 6.66. The van der Waals surface area contributed by atoms with Gasteiger partial charge in [-0.25, -0.2) is 4.79 Å². The van der Waals surface area contributed by atoms with Gasteiger partial charge in [0.15, 0.2) is 0 Å². The number of carboxylic acids is 1. The predicted octanol–water partition coefficient (Wildman–Crippen LogP) is 2.37. The number of carbonyl (C=O) groups is 1. The molecule has 0 unspecified atom stereocenters. The van der Waals surface area contributed by atoms with Gasteiger partial charge in [-0.1, -0.05) is 18.7 Å². The van der Waals surface area contributed by atoms with Gasteiger partial charge < -0.3 is 5.11 Å². The third-order valence-electron chi connectivity index (χ3n) is 1.71. The molecule has 0 saturated carbocycles. The first kappa shape index (κ1) is 10.2. The van der Waals surface area contributed by atoms with Crippen molar-refractivity contribution in [2.45, 2.75) is 6.92 Å². The van der Waals surface area contributed by atoms with E-state index in [1.807, 2.05) is 6.92 Å². The summed E-state index contributed by atoms with van der Waals surface area (Å²) in [5.41, 5.74) is 1.19. The van der Waals surface area contributed by atoms with Crippen LogP contribution >= 0.6 is 0 Å². The molecule has 72 valence electrons. The standard InChI is InChI=1S/C11H11NO2/c1-3-5-8(2)10-9(11(13)14)6-4-7-12-10/h3-7H,2H2,1H3,(H,13,14)/b5-3-. The monoisotopic (exact) mass is 189 g/mol. The van der Waals surface area contributed by atoms with Crippen LogP contribution in [0.2, 0.25) is 0 Å². The third kappa shape index (κ3) is 2.07. The molecule has 0 radical (unpaired) electrons. The highest BCUT2D eigenvalue weighted by Gasteiger charge is 2.10. The number of aromatic nitrogens is 1. The summed E-state index contributed by atoms with van der Waals surface area (Å²) in [5.74, 6) is -0.987. The van der Waals surface area contributed by atoms with Crippen LogP contribution in [-0.2, 0) is 0 Å². The van der Waals surface area contributed by atoms with Crippen molar-refractivity contribution in [1.82, 2.24) is 4.98 Å². The highest BCUT2D eigenvalue weighted by Crippen LogP contribution is 2.15. The normalized spacial score (nSPS) is 10.4. The van der Waals surface area contributed by atoms with Gasteiger partial charge in [-0.05, 0) is 24.6 Å². The maximum atomic E-state index is 10.8. The predicted molar refractivity (Wildman–Crippen MR) is 55.0 cm³/mol. The molecule has 3 nitrogen and oxygen atoms in total. The number of hydrogen-bond acceptors (Lipinski definition) is 2. The van der Waals surface area contributed by atoms with E-state index < -0.39 is 5.97 Å².